The van der Waals surface area contributed by atoms with Crippen LogP contribution in [0.25, 0.3) is 6.08 Å². The second-order valence-electron chi connectivity index (χ2n) is 6.09. The maximum Gasteiger partial charge on any atom is 0.216 e. The van der Waals surface area contributed by atoms with Gasteiger partial charge in [-0.15, -0.1) is 0 Å². The molecule has 0 aliphatic carbocycles. The van der Waals surface area contributed by atoms with Crippen molar-refractivity contribution in [1.29, 1.82) is 5.26 Å². The Balaban J connectivity index is 2.02. The van der Waals surface area contributed by atoms with E-state index in [2.05, 4.69) is 0 Å². The molecule has 0 spiro atoms. The fourth-order valence-electron chi connectivity index (χ4n) is 2.73. The van der Waals surface area contributed by atoms with E-state index >= 15 is 0 Å². The van der Waals surface area contributed by atoms with Gasteiger partial charge in [-0.25, -0.2) is 8.42 Å². The zero-order valence-corrected chi connectivity index (χ0v) is 16.6. The Morgan fingerprint density at radius 3 is 2.24 bits per heavy atom. The van der Waals surface area contributed by atoms with E-state index in [1.165, 1.54) is 25.3 Å². The first-order valence-electron chi connectivity index (χ1n) is 8.82. The molecule has 6 heteroatoms. The van der Waals surface area contributed by atoms with Crippen molar-refractivity contribution in [2.24, 2.45) is 0 Å². The van der Waals surface area contributed by atoms with Gasteiger partial charge in [0, 0.05) is 5.56 Å². The first kappa shape index (κ1) is 20.2. The molecule has 0 bridgehead atoms. The summed E-state index contributed by atoms with van der Waals surface area (Å²) in [5, 5.41) is 9.54. The zero-order chi connectivity index (χ0) is 20.7. The van der Waals surface area contributed by atoms with Crippen molar-refractivity contribution < 1.29 is 17.9 Å². The molecule has 0 amide bonds. The van der Waals surface area contributed by atoms with Crippen molar-refractivity contribution in [3.8, 4) is 17.6 Å². The number of rotatable bonds is 7. The smallest absolute Gasteiger partial charge is 0.216 e. The number of nitriles is 1. The number of hydrogen-bond acceptors (Lipinski definition) is 5. The van der Waals surface area contributed by atoms with E-state index in [-0.39, 0.29) is 16.4 Å². The van der Waals surface area contributed by atoms with Gasteiger partial charge in [-0.2, -0.15) is 5.26 Å². The molecule has 0 aliphatic rings. The minimum atomic E-state index is -3.95. The maximum atomic E-state index is 12.9. The van der Waals surface area contributed by atoms with Crippen LogP contribution < -0.4 is 9.47 Å². The molecule has 0 saturated carbocycles. The van der Waals surface area contributed by atoms with E-state index in [4.69, 9.17) is 9.47 Å². The van der Waals surface area contributed by atoms with Crippen LogP contribution in [0.2, 0.25) is 0 Å². The monoisotopic (exact) mass is 405 g/mol. The van der Waals surface area contributed by atoms with Crippen LogP contribution in [0.4, 0.5) is 0 Å². The van der Waals surface area contributed by atoms with Gasteiger partial charge in [-0.05, 0) is 29.8 Å². The van der Waals surface area contributed by atoms with Gasteiger partial charge in [0.1, 0.15) is 17.6 Å². The molecule has 0 N–H and O–H groups in total. The molecule has 0 saturated heterocycles. The molecule has 0 atom stereocenters. The molecule has 0 aromatic heterocycles. The van der Waals surface area contributed by atoms with Gasteiger partial charge in [0.05, 0.1) is 12.0 Å². The molecule has 0 unspecified atom stereocenters. The fraction of sp³-hybridized carbons (Fsp3) is 0.0870. The minimum Gasteiger partial charge on any atom is -0.493 e. The largest absolute Gasteiger partial charge is 0.493 e. The topological polar surface area (TPSA) is 76.4 Å². The molecular formula is C23H19NO4S. The lowest BCUT2D eigenvalue weighted by Crippen LogP contribution is -2.04. The highest BCUT2D eigenvalue weighted by Gasteiger charge is 2.21. The van der Waals surface area contributed by atoms with Gasteiger partial charge in [-0.3, -0.25) is 0 Å². The molecule has 5 nitrogen and oxygen atoms in total. The number of sulfone groups is 1. The molecule has 3 aromatic rings. The number of ether oxygens (including phenoxy) is 2. The SMILES string of the molecule is COc1cccc(C=C(C#N)S(=O)(=O)c2ccccc2)c1OCc1ccccc1. The number of nitrogens with zero attached hydrogens (tertiary/aromatic N) is 1. The first-order valence-corrected chi connectivity index (χ1v) is 10.3. The van der Waals surface area contributed by atoms with E-state index in [0.717, 1.165) is 5.56 Å². The molecule has 0 radical (unpaired) electrons. The van der Waals surface area contributed by atoms with Crippen LogP contribution in [0.15, 0.2) is 88.7 Å². The molecule has 0 fully saturated rings. The molecule has 3 aromatic carbocycles. The van der Waals surface area contributed by atoms with Gasteiger partial charge < -0.3 is 9.47 Å². The molecule has 3 rings (SSSR count). The summed E-state index contributed by atoms with van der Waals surface area (Å²) < 4.78 is 37.0. The van der Waals surface area contributed by atoms with Gasteiger partial charge in [-0.1, -0.05) is 60.7 Å². The number of benzene rings is 3. The highest BCUT2D eigenvalue weighted by Crippen LogP contribution is 2.34. The van der Waals surface area contributed by atoms with Gasteiger partial charge >= 0.3 is 0 Å². The predicted octanol–water partition coefficient (Wildman–Crippen LogP) is 4.61. The Morgan fingerprint density at radius 1 is 0.966 bits per heavy atom. The number of para-hydroxylation sites is 1. The molecule has 0 aliphatic heterocycles. The molecule has 146 valence electrons. The maximum absolute atomic E-state index is 12.9. The molecule has 29 heavy (non-hydrogen) atoms. The second-order valence-corrected chi connectivity index (χ2v) is 8.01. The summed E-state index contributed by atoms with van der Waals surface area (Å²) in [6.45, 7) is 0.273. The van der Waals surface area contributed by atoms with Crippen molar-refractivity contribution in [2.75, 3.05) is 7.11 Å². The van der Waals surface area contributed by atoms with Crippen LogP contribution in [-0.2, 0) is 16.4 Å². The van der Waals surface area contributed by atoms with Crippen LogP contribution in [0, 0.1) is 11.3 Å². The summed E-state index contributed by atoms with van der Waals surface area (Å²) in [4.78, 5) is -0.316. The van der Waals surface area contributed by atoms with Crippen LogP contribution in [-0.4, -0.2) is 15.5 Å². The van der Waals surface area contributed by atoms with Gasteiger partial charge in [0.25, 0.3) is 0 Å². The summed E-state index contributed by atoms with van der Waals surface area (Å²) in [6.07, 6.45) is 1.31. The lowest BCUT2D eigenvalue weighted by molar-refractivity contribution is 0.284. The average molecular weight is 405 g/mol. The van der Waals surface area contributed by atoms with Crippen molar-refractivity contribution >= 4 is 15.9 Å². The third-order valence-electron chi connectivity index (χ3n) is 4.20. The summed E-state index contributed by atoms with van der Waals surface area (Å²) in [5.41, 5.74) is 1.39. The Labute approximate surface area is 170 Å². The number of methoxy groups -OCH3 is 1. The van der Waals surface area contributed by atoms with Crippen LogP contribution >= 0.6 is 0 Å². The van der Waals surface area contributed by atoms with E-state index < -0.39 is 9.84 Å². The Kier molecular flexibility index (Phi) is 6.32. The lowest BCUT2D eigenvalue weighted by atomic mass is 10.1. The summed E-state index contributed by atoms with van der Waals surface area (Å²) >= 11 is 0. The van der Waals surface area contributed by atoms with E-state index in [9.17, 15) is 13.7 Å². The third kappa shape index (κ3) is 4.65. The molecule has 0 heterocycles. The zero-order valence-electron chi connectivity index (χ0n) is 15.8. The van der Waals surface area contributed by atoms with Crippen LogP contribution in [0.3, 0.4) is 0 Å². The summed E-state index contributed by atoms with van der Waals surface area (Å²) in [6, 6.07) is 24.3. The van der Waals surface area contributed by atoms with Gasteiger partial charge in [0.2, 0.25) is 9.84 Å². The van der Waals surface area contributed by atoms with Crippen molar-refractivity contribution in [2.45, 2.75) is 11.5 Å². The highest BCUT2D eigenvalue weighted by atomic mass is 32.2. The van der Waals surface area contributed by atoms with Crippen LogP contribution in [0.5, 0.6) is 11.5 Å². The van der Waals surface area contributed by atoms with E-state index in [0.29, 0.717) is 17.1 Å². The lowest BCUT2D eigenvalue weighted by Gasteiger charge is -2.14. The van der Waals surface area contributed by atoms with Crippen molar-refractivity contribution in [3.05, 3.63) is 94.9 Å². The highest BCUT2D eigenvalue weighted by molar-refractivity contribution is 7.95. The van der Waals surface area contributed by atoms with E-state index in [1.807, 2.05) is 30.3 Å². The number of allylic oxidation sites excluding steroid dienone is 1. The van der Waals surface area contributed by atoms with Crippen LogP contribution in [0.1, 0.15) is 11.1 Å². The predicted molar refractivity (Wildman–Crippen MR) is 111 cm³/mol. The normalized spacial score (nSPS) is 11.5. The fourth-order valence-corrected chi connectivity index (χ4v) is 3.90. The van der Waals surface area contributed by atoms with Crippen molar-refractivity contribution in [3.63, 3.8) is 0 Å². The third-order valence-corrected chi connectivity index (χ3v) is 5.88. The summed E-state index contributed by atoms with van der Waals surface area (Å²) in [7, 11) is -2.45. The standard InChI is InChI=1S/C23H19NO4S/c1-27-22-14-8-11-19(23(22)28-17-18-9-4-2-5-10-18)15-21(16-24)29(25,26)20-12-6-3-7-13-20/h2-15H,17H2,1H3. The Bertz CT molecular complexity index is 1150. The Hall–Kier alpha value is -3.56. The number of hydrogen-bond donors (Lipinski definition) is 0. The summed E-state index contributed by atoms with van der Waals surface area (Å²) in [5.74, 6) is 0.818. The van der Waals surface area contributed by atoms with Gasteiger partial charge in [0.15, 0.2) is 11.5 Å². The van der Waals surface area contributed by atoms with Crippen molar-refractivity contribution in [1.82, 2.24) is 0 Å². The average Bonchev–Trinajstić information content (AvgIpc) is 2.77. The molecular weight excluding hydrogens is 386 g/mol. The minimum absolute atomic E-state index is 0.0578. The quantitative estimate of drug-likeness (QED) is 0.537. The first-order chi connectivity index (χ1) is 14.1. The van der Waals surface area contributed by atoms with E-state index in [1.54, 1.807) is 42.5 Å². The second kappa shape index (κ2) is 9.09. The Morgan fingerprint density at radius 2 is 1.62 bits per heavy atom.